The molecule has 2 aliphatic rings. The predicted octanol–water partition coefficient (Wildman–Crippen LogP) is 3.06. The summed E-state index contributed by atoms with van der Waals surface area (Å²) >= 11 is 0. The van der Waals surface area contributed by atoms with Gasteiger partial charge in [0.1, 0.15) is 11.6 Å². The molecule has 0 N–H and O–H groups in total. The lowest BCUT2D eigenvalue weighted by molar-refractivity contribution is -0.119. The van der Waals surface area contributed by atoms with E-state index in [1.54, 1.807) is 11.8 Å². The average molecular weight is 429 g/mol. The molecule has 0 saturated carbocycles. The van der Waals surface area contributed by atoms with Gasteiger partial charge < -0.3 is 0 Å². The molecule has 1 fully saturated rings. The van der Waals surface area contributed by atoms with Crippen LogP contribution in [0.3, 0.4) is 0 Å². The van der Waals surface area contributed by atoms with Gasteiger partial charge in [-0.05, 0) is 45.6 Å². The number of benzene rings is 1. The summed E-state index contributed by atoms with van der Waals surface area (Å²) < 4.78 is 26.6. The third-order valence-corrected chi connectivity index (χ3v) is 7.92. The van der Waals surface area contributed by atoms with Gasteiger partial charge in [0.05, 0.1) is 18.3 Å². The molecular weight excluding hydrogens is 400 g/mol. The van der Waals surface area contributed by atoms with Crippen molar-refractivity contribution < 1.29 is 13.2 Å². The maximum atomic E-state index is 12.8. The van der Waals surface area contributed by atoms with Crippen molar-refractivity contribution in [2.75, 3.05) is 17.2 Å². The molecule has 0 unspecified atom stereocenters. The number of hydrogen-bond acceptors (Lipinski definition) is 5. The molecule has 1 amide bonds. The maximum absolute atomic E-state index is 12.8. The molecule has 0 radical (unpaired) electrons. The van der Waals surface area contributed by atoms with Crippen LogP contribution in [0.4, 0.5) is 5.82 Å². The molecule has 3 heterocycles. The number of anilines is 1. The monoisotopic (exact) mass is 428 g/mol. The first-order valence-corrected chi connectivity index (χ1v) is 12.1. The molecule has 2 aliphatic heterocycles. The quantitative estimate of drug-likeness (QED) is 0.731. The molecule has 8 heteroatoms. The molecule has 1 aromatic carbocycles. The number of hydrogen-bond donors (Lipinski definition) is 0. The summed E-state index contributed by atoms with van der Waals surface area (Å²) in [5.41, 5.74) is 4.02. The van der Waals surface area contributed by atoms with E-state index >= 15 is 0 Å². The summed E-state index contributed by atoms with van der Waals surface area (Å²) in [5.74, 6) is 1.24. The van der Waals surface area contributed by atoms with Crippen molar-refractivity contribution >= 4 is 21.7 Å². The van der Waals surface area contributed by atoms with Gasteiger partial charge in [-0.2, -0.15) is 4.31 Å². The van der Waals surface area contributed by atoms with Crippen molar-refractivity contribution in [1.29, 1.82) is 0 Å². The summed E-state index contributed by atoms with van der Waals surface area (Å²) in [6.45, 7) is 6.56. The van der Waals surface area contributed by atoms with Crippen LogP contribution in [-0.2, 0) is 27.8 Å². The lowest BCUT2D eigenvalue weighted by Gasteiger charge is -2.31. The zero-order chi connectivity index (χ0) is 21.5. The summed E-state index contributed by atoms with van der Waals surface area (Å²) in [7, 11) is -3.33. The number of rotatable bonds is 5. The van der Waals surface area contributed by atoms with Gasteiger partial charge in [0.2, 0.25) is 15.9 Å². The Balaban J connectivity index is 1.73. The Morgan fingerprint density at radius 2 is 1.83 bits per heavy atom. The molecule has 0 spiro atoms. The normalized spacial score (nSPS) is 19.9. The minimum atomic E-state index is -3.33. The first kappa shape index (κ1) is 20.9. The highest BCUT2D eigenvalue weighted by Gasteiger charge is 2.37. The summed E-state index contributed by atoms with van der Waals surface area (Å²) in [4.78, 5) is 24.0. The van der Waals surface area contributed by atoms with Crippen LogP contribution in [-0.4, -0.2) is 40.9 Å². The van der Waals surface area contributed by atoms with E-state index in [9.17, 15) is 13.2 Å². The fourth-order valence-electron chi connectivity index (χ4n) is 4.29. The van der Waals surface area contributed by atoms with Crippen LogP contribution in [0, 0.1) is 13.8 Å². The molecule has 7 nitrogen and oxygen atoms in total. The lowest BCUT2D eigenvalue weighted by atomic mass is 10.0. The van der Waals surface area contributed by atoms with E-state index in [1.807, 2.05) is 38.1 Å². The van der Waals surface area contributed by atoms with E-state index in [0.717, 1.165) is 23.2 Å². The van der Waals surface area contributed by atoms with Crippen molar-refractivity contribution in [3.05, 3.63) is 52.5 Å². The van der Waals surface area contributed by atoms with Crippen molar-refractivity contribution in [2.45, 2.75) is 59.0 Å². The largest absolute Gasteiger partial charge is 0.292 e. The molecule has 1 aromatic heterocycles. The number of nitrogens with zero attached hydrogens (tertiary/aromatic N) is 4. The number of carbonyl (C=O) groups is 1. The SMILES string of the molecule is CCS(=O)(=O)N1CCC[C@@H]1c1nc(C)c2c(n1)N(Cc1ccc(C)cc1)C(=O)CC2. The van der Waals surface area contributed by atoms with Gasteiger partial charge in [-0.1, -0.05) is 29.8 Å². The van der Waals surface area contributed by atoms with E-state index in [1.165, 1.54) is 9.87 Å². The number of fused-ring (bicyclic) bond motifs is 1. The Morgan fingerprint density at radius 3 is 2.53 bits per heavy atom. The van der Waals surface area contributed by atoms with Crippen molar-refractivity contribution in [3.8, 4) is 0 Å². The Kier molecular flexibility index (Phi) is 5.63. The molecule has 30 heavy (non-hydrogen) atoms. The highest BCUT2D eigenvalue weighted by molar-refractivity contribution is 7.89. The number of amides is 1. The molecular formula is C22H28N4O3S. The number of carbonyl (C=O) groups excluding carboxylic acids is 1. The molecule has 1 atom stereocenters. The third-order valence-electron chi connectivity index (χ3n) is 6.04. The van der Waals surface area contributed by atoms with Crippen molar-refractivity contribution in [1.82, 2.24) is 14.3 Å². The van der Waals surface area contributed by atoms with Gasteiger partial charge in [0, 0.05) is 24.2 Å². The van der Waals surface area contributed by atoms with Crippen LogP contribution in [0.2, 0.25) is 0 Å². The molecule has 4 rings (SSSR count). The smallest absolute Gasteiger partial charge is 0.228 e. The van der Waals surface area contributed by atoms with E-state index < -0.39 is 10.0 Å². The summed E-state index contributed by atoms with van der Waals surface area (Å²) in [5, 5.41) is 0. The Hall–Kier alpha value is -2.32. The van der Waals surface area contributed by atoms with E-state index in [4.69, 9.17) is 4.98 Å². The van der Waals surface area contributed by atoms with E-state index in [0.29, 0.717) is 44.0 Å². The van der Waals surface area contributed by atoms with Crippen LogP contribution in [0.5, 0.6) is 0 Å². The topological polar surface area (TPSA) is 83.5 Å². The van der Waals surface area contributed by atoms with E-state index in [2.05, 4.69) is 4.98 Å². The van der Waals surface area contributed by atoms with Crippen LogP contribution in [0.25, 0.3) is 0 Å². The second-order valence-corrected chi connectivity index (χ2v) is 10.3. The lowest BCUT2D eigenvalue weighted by Crippen LogP contribution is -2.37. The van der Waals surface area contributed by atoms with Crippen LogP contribution >= 0.6 is 0 Å². The summed E-state index contributed by atoms with van der Waals surface area (Å²) in [6.07, 6.45) is 2.53. The minimum Gasteiger partial charge on any atom is -0.292 e. The first-order valence-electron chi connectivity index (χ1n) is 10.5. The standard InChI is InChI=1S/C22H28N4O3S/c1-4-30(28,29)26-13-5-6-19(26)21-23-16(3)18-11-12-20(27)25(22(18)24-21)14-17-9-7-15(2)8-10-17/h7-10,19H,4-6,11-14H2,1-3H3/t19-/m1/s1. The first-order chi connectivity index (χ1) is 14.3. The van der Waals surface area contributed by atoms with Crippen molar-refractivity contribution in [3.63, 3.8) is 0 Å². The fraction of sp³-hybridized carbons (Fsp3) is 0.500. The third kappa shape index (κ3) is 3.86. The zero-order valence-electron chi connectivity index (χ0n) is 17.8. The highest BCUT2D eigenvalue weighted by atomic mass is 32.2. The van der Waals surface area contributed by atoms with Gasteiger partial charge in [-0.3, -0.25) is 9.69 Å². The van der Waals surface area contributed by atoms with E-state index in [-0.39, 0.29) is 17.7 Å². The van der Waals surface area contributed by atoms with Crippen LogP contribution in [0.15, 0.2) is 24.3 Å². The molecule has 1 saturated heterocycles. The minimum absolute atomic E-state index is 0.0385. The number of sulfonamides is 1. The van der Waals surface area contributed by atoms with Gasteiger partial charge in [-0.15, -0.1) is 0 Å². The second kappa shape index (κ2) is 8.07. The van der Waals surface area contributed by atoms with Gasteiger partial charge in [-0.25, -0.2) is 18.4 Å². The Morgan fingerprint density at radius 1 is 1.10 bits per heavy atom. The molecule has 160 valence electrons. The predicted molar refractivity (Wildman–Crippen MR) is 116 cm³/mol. The average Bonchev–Trinajstić information content (AvgIpc) is 3.22. The van der Waals surface area contributed by atoms with Crippen LogP contribution in [0.1, 0.15) is 60.4 Å². The molecule has 2 aromatic rings. The number of aryl methyl sites for hydroxylation is 2. The Labute approximate surface area is 178 Å². The number of aromatic nitrogens is 2. The summed E-state index contributed by atoms with van der Waals surface area (Å²) in [6, 6.07) is 7.76. The van der Waals surface area contributed by atoms with Crippen LogP contribution < -0.4 is 4.90 Å². The molecule has 0 aliphatic carbocycles. The van der Waals surface area contributed by atoms with Gasteiger partial charge in [0.15, 0.2) is 0 Å². The van der Waals surface area contributed by atoms with Crippen molar-refractivity contribution in [2.24, 2.45) is 0 Å². The second-order valence-electron chi connectivity index (χ2n) is 8.10. The molecule has 0 bridgehead atoms. The highest BCUT2D eigenvalue weighted by Crippen LogP contribution is 2.36. The Bertz CT molecular complexity index is 1070. The van der Waals surface area contributed by atoms with Gasteiger partial charge >= 0.3 is 0 Å². The fourth-order valence-corrected chi connectivity index (χ4v) is 5.61. The van der Waals surface area contributed by atoms with Gasteiger partial charge in [0.25, 0.3) is 0 Å². The zero-order valence-corrected chi connectivity index (χ0v) is 18.6. The maximum Gasteiger partial charge on any atom is 0.228 e.